The second-order valence-electron chi connectivity index (χ2n) is 5.16. The minimum Gasteiger partial charge on any atom is -0.365 e. The Balaban J connectivity index is 1.93. The Morgan fingerprint density at radius 2 is 1.78 bits per heavy atom. The Kier molecular flexibility index (Phi) is 3.20. The van der Waals surface area contributed by atoms with Gasteiger partial charge in [-0.3, -0.25) is 9.36 Å². The maximum atomic E-state index is 11.8. The van der Waals surface area contributed by atoms with E-state index in [2.05, 4.69) is 4.98 Å². The predicted molar refractivity (Wildman–Crippen MR) is 92.9 cm³/mol. The normalized spacial score (nSPS) is 11.0. The third-order valence-electron chi connectivity index (χ3n) is 3.72. The highest BCUT2D eigenvalue weighted by Gasteiger charge is 2.17. The molecule has 2 aromatic heterocycles. The Morgan fingerprint density at radius 1 is 1.04 bits per heavy atom. The van der Waals surface area contributed by atoms with E-state index in [-0.39, 0.29) is 0 Å². The summed E-state index contributed by atoms with van der Waals surface area (Å²) in [6.45, 7) is 0. The summed E-state index contributed by atoms with van der Waals surface area (Å²) in [5.41, 5.74) is 9.34. The van der Waals surface area contributed by atoms with Gasteiger partial charge in [0.05, 0.1) is 11.0 Å². The number of para-hydroxylation sites is 2. The smallest absolute Gasteiger partial charge is 0.259 e. The van der Waals surface area contributed by atoms with E-state index < -0.39 is 5.91 Å². The molecule has 0 saturated carbocycles. The summed E-state index contributed by atoms with van der Waals surface area (Å²) in [4.78, 5) is 16.8. The minimum atomic E-state index is -0.412. The van der Waals surface area contributed by atoms with Gasteiger partial charge < -0.3 is 5.73 Å². The summed E-state index contributed by atoms with van der Waals surface area (Å²) in [6, 6.07) is 19.7. The third-order valence-corrected chi connectivity index (χ3v) is 4.87. The molecule has 2 heterocycles. The number of nitrogens with two attached hydrogens (primary N) is 1. The van der Waals surface area contributed by atoms with Gasteiger partial charge in [0.2, 0.25) is 0 Å². The third kappa shape index (κ3) is 2.31. The van der Waals surface area contributed by atoms with Crippen molar-refractivity contribution in [2.24, 2.45) is 5.73 Å². The first kappa shape index (κ1) is 13.7. The fourth-order valence-electron chi connectivity index (χ4n) is 2.65. The van der Waals surface area contributed by atoms with Crippen LogP contribution in [-0.2, 0) is 0 Å². The molecule has 0 fully saturated rings. The molecule has 4 rings (SSSR count). The Hall–Kier alpha value is -2.92. The number of amides is 1. The number of primary amides is 1. The molecule has 0 aliphatic carbocycles. The largest absolute Gasteiger partial charge is 0.365 e. The maximum absolute atomic E-state index is 11.8. The zero-order valence-electron chi connectivity index (χ0n) is 12.1. The lowest BCUT2D eigenvalue weighted by Crippen LogP contribution is -2.09. The van der Waals surface area contributed by atoms with Gasteiger partial charge in [-0.15, -0.1) is 11.3 Å². The van der Waals surface area contributed by atoms with Crippen LogP contribution in [-0.4, -0.2) is 15.5 Å². The van der Waals surface area contributed by atoms with Crippen molar-refractivity contribution >= 4 is 28.3 Å². The van der Waals surface area contributed by atoms with Gasteiger partial charge in [0.15, 0.2) is 0 Å². The summed E-state index contributed by atoms with van der Waals surface area (Å²) in [6.07, 6.45) is 1.77. The van der Waals surface area contributed by atoms with E-state index in [9.17, 15) is 4.79 Å². The lowest BCUT2D eigenvalue weighted by molar-refractivity contribution is 0.100. The number of fused-ring (bicyclic) bond motifs is 1. The highest BCUT2D eigenvalue weighted by Crippen LogP contribution is 2.34. The summed E-state index contributed by atoms with van der Waals surface area (Å²) >= 11 is 1.38. The number of imidazole rings is 1. The number of hydrogen-bond acceptors (Lipinski definition) is 3. The van der Waals surface area contributed by atoms with Crippen LogP contribution in [0.25, 0.3) is 27.2 Å². The van der Waals surface area contributed by atoms with E-state index in [1.807, 2.05) is 65.2 Å². The van der Waals surface area contributed by atoms with Crippen molar-refractivity contribution in [2.45, 2.75) is 0 Å². The van der Waals surface area contributed by atoms with E-state index in [1.54, 1.807) is 6.33 Å². The van der Waals surface area contributed by atoms with Gasteiger partial charge in [-0.05, 0) is 23.8 Å². The van der Waals surface area contributed by atoms with E-state index in [0.29, 0.717) is 4.88 Å². The first-order valence-corrected chi connectivity index (χ1v) is 7.97. The molecule has 0 radical (unpaired) electrons. The Labute approximate surface area is 136 Å². The van der Waals surface area contributed by atoms with Gasteiger partial charge in [0.25, 0.3) is 5.91 Å². The molecule has 4 aromatic rings. The molecule has 0 atom stereocenters. The highest BCUT2D eigenvalue weighted by molar-refractivity contribution is 7.17. The highest BCUT2D eigenvalue weighted by atomic mass is 32.1. The van der Waals surface area contributed by atoms with Crippen molar-refractivity contribution in [3.05, 3.63) is 71.9 Å². The van der Waals surface area contributed by atoms with Crippen LogP contribution >= 0.6 is 11.3 Å². The summed E-state index contributed by atoms with van der Waals surface area (Å²) in [7, 11) is 0. The van der Waals surface area contributed by atoms with Gasteiger partial charge >= 0.3 is 0 Å². The van der Waals surface area contributed by atoms with Gasteiger partial charge in [0.1, 0.15) is 16.2 Å². The molecule has 2 aromatic carbocycles. The van der Waals surface area contributed by atoms with Crippen LogP contribution in [0.2, 0.25) is 0 Å². The molecule has 0 saturated heterocycles. The lowest BCUT2D eigenvalue weighted by atomic mass is 10.1. The molecular formula is C18H13N3OS. The fraction of sp³-hybridized carbons (Fsp3) is 0. The quantitative estimate of drug-likeness (QED) is 0.623. The number of benzene rings is 2. The molecule has 2 N–H and O–H groups in total. The molecule has 0 aliphatic heterocycles. The number of hydrogen-bond donors (Lipinski definition) is 1. The SMILES string of the molecule is NC(=O)c1sc(-n2cnc3ccccc32)cc1-c1ccccc1. The van der Waals surface area contributed by atoms with Gasteiger partial charge in [-0.1, -0.05) is 42.5 Å². The van der Waals surface area contributed by atoms with Gasteiger partial charge in [0, 0.05) is 5.56 Å². The van der Waals surface area contributed by atoms with Gasteiger partial charge in [-0.2, -0.15) is 0 Å². The van der Waals surface area contributed by atoms with Crippen LogP contribution in [0.4, 0.5) is 0 Å². The maximum Gasteiger partial charge on any atom is 0.259 e. The first-order valence-electron chi connectivity index (χ1n) is 7.15. The molecule has 0 unspecified atom stereocenters. The number of aromatic nitrogens is 2. The fourth-order valence-corrected chi connectivity index (χ4v) is 3.66. The average Bonchev–Trinajstić information content (AvgIpc) is 3.19. The van der Waals surface area contributed by atoms with Crippen molar-refractivity contribution in [1.29, 1.82) is 0 Å². The molecule has 4 nitrogen and oxygen atoms in total. The van der Waals surface area contributed by atoms with Crippen LogP contribution in [0.1, 0.15) is 9.67 Å². The van der Waals surface area contributed by atoms with E-state index >= 15 is 0 Å². The predicted octanol–water partition coefficient (Wildman–Crippen LogP) is 3.85. The van der Waals surface area contributed by atoms with Gasteiger partial charge in [-0.25, -0.2) is 4.98 Å². The Morgan fingerprint density at radius 3 is 2.57 bits per heavy atom. The van der Waals surface area contributed by atoms with Crippen LogP contribution in [0.3, 0.4) is 0 Å². The molecular weight excluding hydrogens is 306 g/mol. The molecule has 5 heteroatoms. The van der Waals surface area contributed by atoms with Crippen molar-refractivity contribution in [1.82, 2.24) is 9.55 Å². The molecule has 0 spiro atoms. The second-order valence-corrected chi connectivity index (χ2v) is 6.19. The molecule has 1 amide bonds. The molecule has 23 heavy (non-hydrogen) atoms. The molecule has 0 aliphatic rings. The van der Waals surface area contributed by atoms with Crippen LogP contribution in [0, 0.1) is 0 Å². The van der Waals surface area contributed by atoms with Crippen molar-refractivity contribution in [3.63, 3.8) is 0 Å². The number of rotatable bonds is 3. The monoisotopic (exact) mass is 319 g/mol. The zero-order valence-corrected chi connectivity index (χ0v) is 13.0. The van der Waals surface area contributed by atoms with Crippen molar-refractivity contribution < 1.29 is 4.79 Å². The number of thiophene rings is 1. The Bertz CT molecular complexity index is 1000. The second kappa shape index (κ2) is 5.37. The van der Waals surface area contributed by atoms with Crippen molar-refractivity contribution in [2.75, 3.05) is 0 Å². The standard InChI is InChI=1S/C18H13N3OS/c19-18(22)17-13(12-6-2-1-3-7-12)10-16(23-17)21-11-20-14-8-4-5-9-15(14)21/h1-11H,(H2,19,22). The number of nitrogens with zero attached hydrogens (tertiary/aromatic N) is 2. The van der Waals surface area contributed by atoms with E-state index in [4.69, 9.17) is 5.73 Å². The molecule has 0 bridgehead atoms. The topological polar surface area (TPSA) is 60.9 Å². The molecule has 112 valence electrons. The van der Waals surface area contributed by atoms with Crippen LogP contribution in [0.5, 0.6) is 0 Å². The summed E-state index contributed by atoms with van der Waals surface area (Å²) in [5, 5.41) is 0.923. The van der Waals surface area contributed by atoms with E-state index in [0.717, 1.165) is 27.2 Å². The van der Waals surface area contributed by atoms with Crippen molar-refractivity contribution in [3.8, 4) is 16.1 Å². The van der Waals surface area contributed by atoms with Crippen LogP contribution in [0.15, 0.2) is 67.0 Å². The number of carbonyl (C=O) groups is 1. The zero-order chi connectivity index (χ0) is 15.8. The summed E-state index contributed by atoms with van der Waals surface area (Å²) in [5.74, 6) is -0.412. The summed E-state index contributed by atoms with van der Waals surface area (Å²) < 4.78 is 1.98. The van der Waals surface area contributed by atoms with Crippen LogP contribution < -0.4 is 5.73 Å². The lowest BCUT2D eigenvalue weighted by Gasteiger charge is -2.00. The first-order chi connectivity index (χ1) is 11.2. The average molecular weight is 319 g/mol. The minimum absolute atomic E-state index is 0.412. The van der Waals surface area contributed by atoms with E-state index in [1.165, 1.54) is 11.3 Å². The number of carbonyl (C=O) groups excluding carboxylic acids is 1.